The Labute approximate surface area is 146 Å². The van der Waals surface area contributed by atoms with Gasteiger partial charge in [-0.3, -0.25) is 4.79 Å². The molecule has 132 valence electrons. The molecule has 1 aliphatic heterocycles. The lowest BCUT2D eigenvalue weighted by atomic mass is 10.2. The monoisotopic (exact) mass is 343 g/mol. The van der Waals surface area contributed by atoms with Crippen molar-refractivity contribution in [1.29, 1.82) is 0 Å². The van der Waals surface area contributed by atoms with Crippen molar-refractivity contribution in [2.75, 3.05) is 36.0 Å². The van der Waals surface area contributed by atoms with Gasteiger partial charge in [0.25, 0.3) is 5.91 Å². The number of rotatable bonds is 4. The van der Waals surface area contributed by atoms with Crippen LogP contribution in [0.4, 0.5) is 16.0 Å². The van der Waals surface area contributed by atoms with E-state index < -0.39 is 0 Å². The topological polar surface area (TPSA) is 61.4 Å². The summed E-state index contributed by atoms with van der Waals surface area (Å²) in [4.78, 5) is 25.1. The summed E-state index contributed by atoms with van der Waals surface area (Å²) < 4.78 is 13.0. The molecule has 1 saturated heterocycles. The maximum Gasteiger partial charge on any atom is 0.270 e. The van der Waals surface area contributed by atoms with Gasteiger partial charge in [-0.2, -0.15) is 0 Å². The number of carbonyl (C=O) groups is 1. The molecular formula is C18H22FN5O. The molecule has 2 aromatic rings. The quantitative estimate of drug-likeness (QED) is 0.921. The van der Waals surface area contributed by atoms with Crippen molar-refractivity contribution in [1.82, 2.24) is 15.3 Å². The van der Waals surface area contributed by atoms with Crippen LogP contribution in [0.15, 0.2) is 36.5 Å². The molecule has 0 spiro atoms. The molecule has 2 heterocycles. The fourth-order valence-corrected chi connectivity index (χ4v) is 2.78. The third-order valence-corrected chi connectivity index (χ3v) is 4.05. The molecule has 1 aromatic heterocycles. The molecule has 0 unspecified atom stereocenters. The third kappa shape index (κ3) is 4.23. The highest BCUT2D eigenvalue weighted by Gasteiger charge is 2.20. The smallest absolute Gasteiger partial charge is 0.270 e. The van der Waals surface area contributed by atoms with Crippen LogP contribution in [-0.2, 0) is 0 Å². The van der Waals surface area contributed by atoms with Crippen molar-refractivity contribution in [3.63, 3.8) is 0 Å². The number of nitrogens with zero attached hydrogens (tertiary/aromatic N) is 4. The van der Waals surface area contributed by atoms with Gasteiger partial charge in [-0.15, -0.1) is 0 Å². The van der Waals surface area contributed by atoms with Crippen LogP contribution in [0.1, 0.15) is 24.3 Å². The minimum atomic E-state index is -0.229. The Bertz CT molecular complexity index is 727. The maximum absolute atomic E-state index is 13.0. The highest BCUT2D eigenvalue weighted by Crippen LogP contribution is 2.18. The second-order valence-electron chi connectivity index (χ2n) is 6.32. The highest BCUT2D eigenvalue weighted by molar-refractivity contribution is 5.92. The van der Waals surface area contributed by atoms with Gasteiger partial charge < -0.3 is 15.1 Å². The van der Waals surface area contributed by atoms with Crippen LogP contribution in [0.3, 0.4) is 0 Å². The summed E-state index contributed by atoms with van der Waals surface area (Å²) in [6.07, 6.45) is 1.62. The Kier molecular flexibility index (Phi) is 5.11. The summed E-state index contributed by atoms with van der Waals surface area (Å²) in [5.41, 5.74) is 1.38. The van der Waals surface area contributed by atoms with E-state index in [1.165, 1.54) is 12.1 Å². The van der Waals surface area contributed by atoms with Gasteiger partial charge in [-0.25, -0.2) is 14.4 Å². The minimum absolute atomic E-state index is 0.0603. The van der Waals surface area contributed by atoms with Gasteiger partial charge in [0, 0.05) is 44.1 Å². The number of anilines is 2. The lowest BCUT2D eigenvalue weighted by molar-refractivity contribution is 0.0938. The molecule has 0 atom stereocenters. The van der Waals surface area contributed by atoms with Crippen LogP contribution in [-0.4, -0.2) is 48.1 Å². The Morgan fingerprint density at radius 1 is 1.08 bits per heavy atom. The molecule has 1 amide bonds. The molecule has 1 N–H and O–H groups in total. The number of nitrogens with one attached hydrogen (secondary N) is 1. The first-order chi connectivity index (χ1) is 12.0. The van der Waals surface area contributed by atoms with Crippen molar-refractivity contribution < 1.29 is 9.18 Å². The number of benzene rings is 1. The molecule has 25 heavy (non-hydrogen) atoms. The van der Waals surface area contributed by atoms with Crippen molar-refractivity contribution in [3.05, 3.63) is 48.0 Å². The summed E-state index contributed by atoms with van der Waals surface area (Å²) in [6.45, 7) is 6.89. The Hall–Kier alpha value is -2.70. The summed E-state index contributed by atoms with van der Waals surface area (Å²) in [7, 11) is 0. The maximum atomic E-state index is 13.0. The molecule has 1 fully saturated rings. The van der Waals surface area contributed by atoms with E-state index in [9.17, 15) is 9.18 Å². The first-order valence-corrected chi connectivity index (χ1v) is 8.42. The van der Waals surface area contributed by atoms with Crippen molar-refractivity contribution in [2.45, 2.75) is 19.9 Å². The van der Waals surface area contributed by atoms with E-state index in [1.807, 2.05) is 13.8 Å². The normalized spacial score (nSPS) is 14.7. The first-order valence-electron chi connectivity index (χ1n) is 8.42. The summed E-state index contributed by atoms with van der Waals surface area (Å²) in [5, 5.41) is 2.84. The largest absolute Gasteiger partial charge is 0.368 e. The lowest BCUT2D eigenvalue weighted by Crippen LogP contribution is -2.47. The van der Waals surface area contributed by atoms with Gasteiger partial charge in [-0.1, -0.05) is 0 Å². The fraction of sp³-hybridized carbons (Fsp3) is 0.389. The lowest BCUT2D eigenvalue weighted by Gasteiger charge is -2.36. The summed E-state index contributed by atoms with van der Waals surface area (Å²) in [6, 6.07) is 8.21. The number of hydrogen-bond donors (Lipinski definition) is 1. The molecular weight excluding hydrogens is 321 g/mol. The average molecular weight is 343 g/mol. The second-order valence-corrected chi connectivity index (χ2v) is 6.32. The van der Waals surface area contributed by atoms with E-state index in [0.29, 0.717) is 11.6 Å². The van der Waals surface area contributed by atoms with Crippen molar-refractivity contribution >= 4 is 17.5 Å². The fourth-order valence-electron chi connectivity index (χ4n) is 2.78. The number of halogens is 1. The zero-order valence-corrected chi connectivity index (χ0v) is 14.4. The molecule has 7 heteroatoms. The average Bonchev–Trinajstić information content (AvgIpc) is 2.62. The third-order valence-electron chi connectivity index (χ3n) is 4.05. The first kappa shape index (κ1) is 17.1. The molecule has 0 radical (unpaired) electrons. The zero-order valence-electron chi connectivity index (χ0n) is 14.4. The number of carbonyl (C=O) groups excluding carboxylic acids is 1. The van der Waals surface area contributed by atoms with Crippen LogP contribution in [0.2, 0.25) is 0 Å². The summed E-state index contributed by atoms with van der Waals surface area (Å²) >= 11 is 0. The van der Waals surface area contributed by atoms with E-state index in [4.69, 9.17) is 0 Å². The minimum Gasteiger partial charge on any atom is -0.368 e. The molecule has 0 saturated carbocycles. The van der Waals surface area contributed by atoms with Gasteiger partial charge in [0.15, 0.2) is 0 Å². The van der Waals surface area contributed by atoms with Gasteiger partial charge in [0.1, 0.15) is 11.5 Å². The molecule has 0 aliphatic carbocycles. The van der Waals surface area contributed by atoms with Crippen LogP contribution >= 0.6 is 0 Å². The molecule has 6 nitrogen and oxygen atoms in total. The predicted molar refractivity (Wildman–Crippen MR) is 95.5 cm³/mol. The van der Waals surface area contributed by atoms with Gasteiger partial charge in [-0.05, 0) is 44.2 Å². The van der Waals surface area contributed by atoms with Gasteiger partial charge in [0.05, 0.1) is 0 Å². The molecule has 3 rings (SSSR count). The van der Waals surface area contributed by atoms with Crippen LogP contribution in [0.25, 0.3) is 0 Å². The number of aromatic nitrogens is 2. The Morgan fingerprint density at radius 2 is 1.72 bits per heavy atom. The van der Waals surface area contributed by atoms with E-state index in [1.54, 1.807) is 24.4 Å². The van der Waals surface area contributed by atoms with Crippen molar-refractivity contribution in [3.8, 4) is 0 Å². The van der Waals surface area contributed by atoms with E-state index in [2.05, 4.69) is 25.1 Å². The van der Waals surface area contributed by atoms with Crippen LogP contribution in [0, 0.1) is 5.82 Å². The molecule has 1 aliphatic rings. The van der Waals surface area contributed by atoms with E-state index >= 15 is 0 Å². The van der Waals surface area contributed by atoms with Crippen LogP contribution < -0.4 is 15.1 Å². The van der Waals surface area contributed by atoms with Gasteiger partial charge in [0.2, 0.25) is 5.95 Å². The summed E-state index contributed by atoms with van der Waals surface area (Å²) in [5.74, 6) is 0.144. The number of hydrogen-bond acceptors (Lipinski definition) is 5. The van der Waals surface area contributed by atoms with E-state index in [0.717, 1.165) is 31.9 Å². The zero-order chi connectivity index (χ0) is 17.8. The number of amides is 1. The van der Waals surface area contributed by atoms with Crippen molar-refractivity contribution in [2.24, 2.45) is 0 Å². The standard InChI is InChI=1S/C18H22FN5O/c1-13(2)21-17(25)16-7-8-20-18(22-16)24-11-9-23(10-12-24)15-5-3-14(19)4-6-15/h3-8,13H,9-12H2,1-2H3,(H,21,25). The second kappa shape index (κ2) is 7.46. The highest BCUT2D eigenvalue weighted by atomic mass is 19.1. The number of piperazine rings is 1. The van der Waals surface area contributed by atoms with Crippen LogP contribution in [0.5, 0.6) is 0 Å². The molecule has 1 aromatic carbocycles. The Morgan fingerprint density at radius 3 is 2.36 bits per heavy atom. The SMILES string of the molecule is CC(C)NC(=O)c1ccnc(N2CCN(c3ccc(F)cc3)CC2)n1. The molecule has 0 bridgehead atoms. The van der Waals surface area contributed by atoms with Gasteiger partial charge >= 0.3 is 0 Å². The Balaban J connectivity index is 1.64. The van der Waals surface area contributed by atoms with E-state index in [-0.39, 0.29) is 17.8 Å². The predicted octanol–water partition coefficient (Wildman–Crippen LogP) is 2.08.